The molecule has 4 N–H and O–H groups in total. The molecule has 1 saturated carbocycles. The third-order valence-electron chi connectivity index (χ3n) is 8.83. The van der Waals surface area contributed by atoms with Gasteiger partial charge in [0.15, 0.2) is 0 Å². The highest BCUT2D eigenvalue weighted by atomic mass is 32.2. The number of aliphatic hydroxyl groups excluding tert-OH is 1. The number of carbonyl (C=O) groups is 4. The van der Waals surface area contributed by atoms with Gasteiger partial charge in [0.2, 0.25) is 5.91 Å². The topological polar surface area (TPSA) is 168 Å². The normalized spacial score (nSPS) is 27.5. The van der Waals surface area contributed by atoms with Crippen LogP contribution in [0.25, 0.3) is 0 Å². The van der Waals surface area contributed by atoms with Gasteiger partial charge in [-0.15, -0.1) is 11.8 Å². The number of anilines is 1. The van der Waals surface area contributed by atoms with Gasteiger partial charge in [0.05, 0.1) is 34.9 Å². The van der Waals surface area contributed by atoms with E-state index in [0.717, 1.165) is 5.56 Å². The SMILES string of the molecule is C[C@H]1C(S[C@H]2C[C@@H](C(=O)Nc3cccc(C(=O)O)c3)N(Cc3cccc(C#N)c3)C2)=C(C(=O)O)C2CC(=O)[C@H]([C@@H](C)O)C21. The largest absolute Gasteiger partial charge is 0.478 e. The number of hydrogen-bond acceptors (Lipinski definition) is 8. The summed E-state index contributed by atoms with van der Waals surface area (Å²) >= 11 is 1.44. The molecule has 0 aromatic heterocycles. The molecule has 11 heteroatoms. The van der Waals surface area contributed by atoms with E-state index < -0.39 is 35.9 Å². The highest BCUT2D eigenvalue weighted by molar-refractivity contribution is 8.03. The van der Waals surface area contributed by atoms with E-state index in [9.17, 15) is 39.8 Å². The van der Waals surface area contributed by atoms with Crippen LogP contribution in [-0.4, -0.2) is 67.8 Å². The number of ketones is 1. The van der Waals surface area contributed by atoms with Crippen LogP contribution in [0.1, 0.15) is 48.2 Å². The minimum atomic E-state index is -1.11. The van der Waals surface area contributed by atoms with Crippen LogP contribution in [0.2, 0.25) is 0 Å². The van der Waals surface area contributed by atoms with E-state index in [1.54, 1.807) is 37.3 Å². The second-order valence-corrected chi connectivity index (χ2v) is 12.9. The zero-order valence-corrected chi connectivity index (χ0v) is 24.6. The molecule has 2 aromatic rings. The summed E-state index contributed by atoms with van der Waals surface area (Å²) in [5.41, 5.74) is 1.99. The van der Waals surface area contributed by atoms with Crippen molar-refractivity contribution in [3.8, 4) is 6.07 Å². The predicted molar refractivity (Wildman–Crippen MR) is 159 cm³/mol. The van der Waals surface area contributed by atoms with Crippen molar-refractivity contribution < 1.29 is 34.5 Å². The van der Waals surface area contributed by atoms with Crippen molar-refractivity contribution in [1.29, 1.82) is 5.26 Å². The smallest absolute Gasteiger partial charge is 0.335 e. The number of carboxylic acid groups (broad SMARTS) is 2. The molecular formula is C32H33N3O7S. The lowest BCUT2D eigenvalue weighted by molar-refractivity contribution is -0.133. The molecule has 0 spiro atoms. The molecule has 10 nitrogen and oxygen atoms in total. The van der Waals surface area contributed by atoms with Crippen molar-refractivity contribution >= 4 is 41.1 Å². The summed E-state index contributed by atoms with van der Waals surface area (Å²) in [5, 5.41) is 42.0. The number of aliphatic hydroxyl groups is 1. The molecule has 1 saturated heterocycles. The Morgan fingerprint density at radius 3 is 2.56 bits per heavy atom. The van der Waals surface area contributed by atoms with Crippen LogP contribution < -0.4 is 5.32 Å². The Morgan fingerprint density at radius 1 is 1.14 bits per heavy atom. The fourth-order valence-electron chi connectivity index (χ4n) is 7.04. The number of aromatic carboxylic acids is 1. The van der Waals surface area contributed by atoms with Gasteiger partial charge in [-0.1, -0.05) is 25.1 Å². The highest BCUT2D eigenvalue weighted by Gasteiger charge is 2.55. The Hall–Kier alpha value is -3.98. The Bertz CT molecular complexity index is 1550. The van der Waals surface area contributed by atoms with Crippen LogP contribution in [0, 0.1) is 35.0 Å². The minimum Gasteiger partial charge on any atom is -0.478 e. The molecule has 0 bridgehead atoms. The molecule has 2 fully saturated rings. The van der Waals surface area contributed by atoms with Crippen molar-refractivity contribution in [3.63, 3.8) is 0 Å². The first-order valence-corrected chi connectivity index (χ1v) is 15.1. The maximum atomic E-state index is 13.6. The highest BCUT2D eigenvalue weighted by Crippen LogP contribution is 2.57. The first-order valence-electron chi connectivity index (χ1n) is 14.2. The molecule has 2 unspecified atom stereocenters. The van der Waals surface area contributed by atoms with E-state index in [-0.39, 0.29) is 46.3 Å². The van der Waals surface area contributed by atoms with Crippen LogP contribution >= 0.6 is 11.8 Å². The third kappa shape index (κ3) is 6.09. The Labute approximate surface area is 253 Å². The first kappa shape index (κ1) is 30.5. The number of allylic oxidation sites excluding steroid dienone is 1. The predicted octanol–water partition coefficient (Wildman–Crippen LogP) is 3.76. The Balaban J connectivity index is 1.41. The van der Waals surface area contributed by atoms with Gasteiger partial charge in [-0.05, 0) is 66.0 Å². The van der Waals surface area contributed by atoms with Gasteiger partial charge in [0.25, 0.3) is 0 Å². The molecule has 224 valence electrons. The number of rotatable bonds is 9. The van der Waals surface area contributed by atoms with Crippen molar-refractivity contribution in [1.82, 2.24) is 4.90 Å². The quantitative estimate of drug-likeness (QED) is 0.331. The van der Waals surface area contributed by atoms with E-state index in [2.05, 4.69) is 11.4 Å². The number of thioether (sulfide) groups is 1. The average Bonchev–Trinajstić information content (AvgIpc) is 3.59. The van der Waals surface area contributed by atoms with Crippen molar-refractivity contribution in [2.24, 2.45) is 23.7 Å². The number of amides is 1. The molecule has 5 rings (SSSR count). The lowest BCUT2D eigenvalue weighted by atomic mass is 9.81. The molecule has 1 aliphatic heterocycles. The molecule has 3 aliphatic rings. The summed E-state index contributed by atoms with van der Waals surface area (Å²) in [4.78, 5) is 52.9. The van der Waals surface area contributed by atoms with Gasteiger partial charge in [-0.3, -0.25) is 14.5 Å². The lowest BCUT2D eigenvalue weighted by Gasteiger charge is -2.26. The van der Waals surface area contributed by atoms with E-state index in [1.807, 2.05) is 17.9 Å². The van der Waals surface area contributed by atoms with Crippen LogP contribution in [0.5, 0.6) is 0 Å². The van der Waals surface area contributed by atoms with Crippen molar-refractivity contribution in [3.05, 3.63) is 75.7 Å². The Kier molecular flexibility index (Phi) is 8.74. The average molecular weight is 604 g/mol. The molecule has 1 heterocycles. The van der Waals surface area contributed by atoms with E-state index in [4.69, 9.17) is 0 Å². The number of nitrogens with zero attached hydrogens (tertiary/aromatic N) is 2. The van der Waals surface area contributed by atoms with Crippen molar-refractivity contribution in [2.75, 3.05) is 11.9 Å². The fourth-order valence-corrected chi connectivity index (χ4v) is 8.68. The zero-order chi connectivity index (χ0) is 31.0. The standard InChI is InChI=1S/C32H33N3O7S/c1-16-26-23(12-25(37)27(26)17(2)36)28(32(41)42)29(16)43-22-11-24(30(38)34-21-8-4-7-20(10-21)31(39)40)35(15-22)14-19-6-3-5-18(9-19)13-33/h3-10,16-17,22-24,26-27,36H,11-12,14-15H2,1-2H3,(H,34,38)(H,39,40)(H,41,42)/t16-,17-,22+,23?,24+,26?,27+/m1/s1. The molecular weight excluding hydrogens is 570 g/mol. The number of carbonyl (C=O) groups excluding carboxylic acids is 2. The summed E-state index contributed by atoms with van der Waals surface area (Å²) in [5.74, 6) is -4.16. The van der Waals surface area contributed by atoms with E-state index in [1.165, 1.54) is 23.9 Å². The molecule has 43 heavy (non-hydrogen) atoms. The van der Waals surface area contributed by atoms with Gasteiger partial charge in [0, 0.05) is 42.3 Å². The van der Waals surface area contributed by atoms with Crippen LogP contribution in [-0.2, 0) is 20.9 Å². The van der Waals surface area contributed by atoms with Crippen LogP contribution in [0.3, 0.4) is 0 Å². The molecule has 2 aromatic carbocycles. The summed E-state index contributed by atoms with van der Waals surface area (Å²) < 4.78 is 0. The van der Waals surface area contributed by atoms with Gasteiger partial charge >= 0.3 is 11.9 Å². The van der Waals surface area contributed by atoms with Gasteiger partial charge < -0.3 is 20.6 Å². The zero-order valence-electron chi connectivity index (χ0n) is 23.8. The number of hydrogen-bond donors (Lipinski definition) is 4. The monoisotopic (exact) mass is 603 g/mol. The summed E-state index contributed by atoms with van der Waals surface area (Å²) in [6, 6.07) is 14.7. The number of nitrogens with one attached hydrogen (secondary N) is 1. The van der Waals surface area contributed by atoms with E-state index >= 15 is 0 Å². The number of carboxylic acids is 2. The lowest BCUT2D eigenvalue weighted by Crippen LogP contribution is -2.39. The van der Waals surface area contributed by atoms with Crippen LogP contribution in [0.4, 0.5) is 5.69 Å². The van der Waals surface area contributed by atoms with Crippen LogP contribution in [0.15, 0.2) is 59.0 Å². The minimum absolute atomic E-state index is 0.0470. The first-order chi connectivity index (χ1) is 20.5. The summed E-state index contributed by atoms with van der Waals surface area (Å²) in [6.07, 6.45) is -0.365. The number of nitriles is 1. The second kappa shape index (κ2) is 12.3. The number of likely N-dealkylation sites (tertiary alicyclic amines) is 1. The number of aliphatic carboxylic acids is 1. The van der Waals surface area contributed by atoms with E-state index in [0.29, 0.717) is 35.7 Å². The summed E-state index contributed by atoms with van der Waals surface area (Å²) in [7, 11) is 0. The fraction of sp³-hybridized carbons (Fsp3) is 0.406. The molecule has 2 aliphatic carbocycles. The third-order valence-corrected chi connectivity index (χ3v) is 10.4. The van der Waals surface area contributed by atoms with Crippen molar-refractivity contribution in [2.45, 2.75) is 50.6 Å². The molecule has 0 radical (unpaired) electrons. The second-order valence-electron chi connectivity index (χ2n) is 11.6. The number of fused-ring (bicyclic) bond motifs is 1. The number of benzene rings is 2. The maximum Gasteiger partial charge on any atom is 0.335 e. The molecule has 1 amide bonds. The van der Waals surface area contributed by atoms with Gasteiger partial charge in [-0.2, -0.15) is 5.26 Å². The molecule has 7 atom stereocenters. The maximum absolute atomic E-state index is 13.6. The van der Waals surface area contributed by atoms with Gasteiger partial charge in [-0.25, -0.2) is 9.59 Å². The summed E-state index contributed by atoms with van der Waals surface area (Å²) in [6.45, 7) is 4.34. The Morgan fingerprint density at radius 2 is 1.88 bits per heavy atom. The van der Waals surface area contributed by atoms with Gasteiger partial charge in [0.1, 0.15) is 5.78 Å². The number of Topliss-reactive ketones (excluding diaryl/α,β-unsaturated/α-hetero) is 1.